The van der Waals surface area contributed by atoms with Gasteiger partial charge in [-0.3, -0.25) is 9.69 Å². The first-order valence-corrected chi connectivity index (χ1v) is 7.71. The van der Waals surface area contributed by atoms with Gasteiger partial charge in [-0.25, -0.2) is 9.18 Å². The standard InChI is InChI=1S/C17H18FN3O3/c1-4-17(12-5-7-13(18)8-6-12)15(22)21(16(23)19-17)9-14-10(2)20-24-11(14)3/h5-8H,4,9H2,1-3H3,(H,19,23)/t17-/m1/s1. The lowest BCUT2D eigenvalue weighted by Gasteiger charge is -2.25. The van der Waals surface area contributed by atoms with Crippen LogP contribution in [0.2, 0.25) is 0 Å². The number of benzene rings is 1. The Morgan fingerprint density at radius 3 is 2.46 bits per heavy atom. The highest BCUT2D eigenvalue weighted by atomic mass is 19.1. The number of urea groups is 1. The van der Waals surface area contributed by atoms with Gasteiger partial charge in [0, 0.05) is 5.56 Å². The van der Waals surface area contributed by atoms with E-state index in [1.807, 2.05) is 0 Å². The molecule has 24 heavy (non-hydrogen) atoms. The quantitative estimate of drug-likeness (QED) is 0.874. The number of amides is 3. The van der Waals surface area contributed by atoms with E-state index in [-0.39, 0.29) is 12.5 Å². The predicted octanol–water partition coefficient (Wildman–Crippen LogP) is 2.79. The van der Waals surface area contributed by atoms with Crippen LogP contribution in [0.25, 0.3) is 0 Å². The fourth-order valence-electron chi connectivity index (χ4n) is 3.03. The van der Waals surface area contributed by atoms with E-state index >= 15 is 0 Å². The van der Waals surface area contributed by atoms with Crippen molar-refractivity contribution in [3.63, 3.8) is 0 Å². The Morgan fingerprint density at radius 1 is 1.25 bits per heavy atom. The van der Waals surface area contributed by atoms with Crippen molar-refractivity contribution in [3.05, 3.63) is 52.7 Å². The summed E-state index contributed by atoms with van der Waals surface area (Å²) in [4.78, 5) is 26.6. The fourth-order valence-corrected chi connectivity index (χ4v) is 3.03. The van der Waals surface area contributed by atoms with Crippen LogP contribution in [0.4, 0.5) is 9.18 Å². The fraction of sp³-hybridized carbons (Fsp3) is 0.353. The molecule has 1 fully saturated rings. The number of nitrogens with zero attached hydrogens (tertiary/aromatic N) is 2. The zero-order chi connectivity index (χ0) is 17.5. The zero-order valence-corrected chi connectivity index (χ0v) is 13.7. The van der Waals surface area contributed by atoms with Crippen molar-refractivity contribution < 1.29 is 18.5 Å². The molecule has 7 heteroatoms. The van der Waals surface area contributed by atoms with Gasteiger partial charge in [0.05, 0.1) is 12.2 Å². The Kier molecular flexibility index (Phi) is 3.87. The van der Waals surface area contributed by atoms with Crippen LogP contribution in [0.15, 0.2) is 28.8 Å². The molecule has 1 N–H and O–H groups in total. The molecule has 0 aliphatic carbocycles. The van der Waals surface area contributed by atoms with Crippen molar-refractivity contribution in [2.45, 2.75) is 39.3 Å². The summed E-state index contributed by atoms with van der Waals surface area (Å²) in [6.45, 7) is 5.40. The molecule has 1 aliphatic heterocycles. The summed E-state index contributed by atoms with van der Waals surface area (Å²) >= 11 is 0. The Labute approximate surface area is 138 Å². The maximum absolute atomic E-state index is 13.2. The van der Waals surface area contributed by atoms with Gasteiger partial charge in [-0.15, -0.1) is 0 Å². The number of imide groups is 1. The first kappa shape index (κ1) is 16.2. The van der Waals surface area contributed by atoms with Gasteiger partial charge in [-0.1, -0.05) is 24.2 Å². The monoisotopic (exact) mass is 331 g/mol. The summed E-state index contributed by atoms with van der Waals surface area (Å²) in [5.74, 6) is -0.181. The van der Waals surface area contributed by atoms with E-state index < -0.39 is 17.4 Å². The molecule has 6 nitrogen and oxygen atoms in total. The predicted molar refractivity (Wildman–Crippen MR) is 83.4 cm³/mol. The molecule has 1 atom stereocenters. The van der Waals surface area contributed by atoms with Gasteiger partial charge in [-0.2, -0.15) is 0 Å². The summed E-state index contributed by atoms with van der Waals surface area (Å²) in [6.07, 6.45) is 0.362. The van der Waals surface area contributed by atoms with E-state index in [2.05, 4.69) is 10.5 Å². The molecule has 1 saturated heterocycles. The van der Waals surface area contributed by atoms with Crippen molar-refractivity contribution in [1.29, 1.82) is 0 Å². The molecule has 0 unspecified atom stereocenters. The van der Waals surface area contributed by atoms with Crippen LogP contribution in [0.3, 0.4) is 0 Å². The van der Waals surface area contributed by atoms with Crippen molar-refractivity contribution in [2.75, 3.05) is 0 Å². The number of hydrogen-bond donors (Lipinski definition) is 1. The lowest BCUT2D eigenvalue weighted by atomic mass is 9.87. The molecule has 0 radical (unpaired) electrons. The Bertz CT molecular complexity index is 780. The zero-order valence-electron chi connectivity index (χ0n) is 13.7. The molecule has 0 saturated carbocycles. The molecule has 0 spiro atoms. The Balaban J connectivity index is 1.96. The van der Waals surface area contributed by atoms with Crippen molar-refractivity contribution in [3.8, 4) is 0 Å². The Hall–Kier alpha value is -2.70. The lowest BCUT2D eigenvalue weighted by Crippen LogP contribution is -2.43. The lowest BCUT2D eigenvalue weighted by molar-refractivity contribution is -0.132. The smallest absolute Gasteiger partial charge is 0.325 e. The third kappa shape index (κ3) is 2.36. The summed E-state index contributed by atoms with van der Waals surface area (Å²) < 4.78 is 18.3. The van der Waals surface area contributed by atoms with Crippen LogP contribution >= 0.6 is 0 Å². The van der Waals surface area contributed by atoms with Gasteiger partial charge in [0.25, 0.3) is 5.91 Å². The third-order valence-corrected chi connectivity index (χ3v) is 4.54. The first-order chi connectivity index (χ1) is 11.4. The highest BCUT2D eigenvalue weighted by molar-refractivity contribution is 6.07. The van der Waals surface area contributed by atoms with Gasteiger partial charge in [0.1, 0.15) is 17.1 Å². The van der Waals surface area contributed by atoms with Crippen LogP contribution in [0, 0.1) is 19.7 Å². The molecule has 2 aromatic rings. The van der Waals surface area contributed by atoms with E-state index in [1.54, 1.807) is 20.8 Å². The largest absolute Gasteiger partial charge is 0.361 e. The van der Waals surface area contributed by atoms with Gasteiger partial charge in [0.15, 0.2) is 0 Å². The number of carbonyl (C=O) groups is 2. The minimum Gasteiger partial charge on any atom is -0.361 e. The molecule has 2 heterocycles. The second-order valence-electron chi connectivity index (χ2n) is 5.89. The second-order valence-corrected chi connectivity index (χ2v) is 5.89. The highest BCUT2D eigenvalue weighted by Crippen LogP contribution is 2.33. The number of nitrogens with one attached hydrogen (secondary N) is 1. The number of aromatic nitrogens is 1. The van der Waals surface area contributed by atoms with Crippen molar-refractivity contribution in [1.82, 2.24) is 15.4 Å². The summed E-state index contributed by atoms with van der Waals surface area (Å²) in [6, 6.07) is 5.13. The summed E-state index contributed by atoms with van der Waals surface area (Å²) in [7, 11) is 0. The second kappa shape index (κ2) is 5.74. The number of hydrogen-bond acceptors (Lipinski definition) is 4. The van der Waals surface area contributed by atoms with E-state index in [0.717, 1.165) is 4.90 Å². The number of aryl methyl sites for hydroxylation is 2. The molecular formula is C17H18FN3O3. The average molecular weight is 331 g/mol. The van der Waals surface area contributed by atoms with E-state index in [1.165, 1.54) is 24.3 Å². The first-order valence-electron chi connectivity index (χ1n) is 7.71. The Morgan fingerprint density at radius 2 is 1.92 bits per heavy atom. The maximum Gasteiger partial charge on any atom is 0.325 e. The van der Waals surface area contributed by atoms with Crippen LogP contribution < -0.4 is 5.32 Å². The third-order valence-electron chi connectivity index (χ3n) is 4.54. The van der Waals surface area contributed by atoms with Crippen LogP contribution in [-0.2, 0) is 16.9 Å². The number of carbonyl (C=O) groups excluding carboxylic acids is 2. The van der Waals surface area contributed by atoms with E-state index in [0.29, 0.717) is 29.0 Å². The van der Waals surface area contributed by atoms with E-state index in [9.17, 15) is 14.0 Å². The van der Waals surface area contributed by atoms with Crippen molar-refractivity contribution >= 4 is 11.9 Å². The van der Waals surface area contributed by atoms with E-state index in [4.69, 9.17) is 4.52 Å². The molecule has 1 aliphatic rings. The van der Waals surface area contributed by atoms with Crippen LogP contribution in [0.5, 0.6) is 0 Å². The minimum atomic E-state index is -1.18. The number of halogens is 1. The normalized spacial score (nSPS) is 20.6. The SMILES string of the molecule is CC[C@]1(c2ccc(F)cc2)NC(=O)N(Cc2c(C)noc2C)C1=O. The summed E-state index contributed by atoms with van der Waals surface area (Å²) in [5.41, 5.74) is 0.739. The highest BCUT2D eigenvalue weighted by Gasteiger charge is 2.51. The summed E-state index contributed by atoms with van der Waals surface area (Å²) in [5, 5.41) is 6.61. The van der Waals surface area contributed by atoms with Crippen molar-refractivity contribution in [2.24, 2.45) is 0 Å². The van der Waals surface area contributed by atoms with Crippen LogP contribution in [-0.4, -0.2) is 22.0 Å². The molecule has 0 bridgehead atoms. The van der Waals surface area contributed by atoms with Gasteiger partial charge < -0.3 is 9.84 Å². The topological polar surface area (TPSA) is 75.4 Å². The van der Waals surface area contributed by atoms with Crippen LogP contribution in [0.1, 0.15) is 35.9 Å². The van der Waals surface area contributed by atoms with Gasteiger partial charge >= 0.3 is 6.03 Å². The van der Waals surface area contributed by atoms with Gasteiger partial charge in [0.2, 0.25) is 0 Å². The maximum atomic E-state index is 13.2. The molecule has 1 aromatic carbocycles. The molecule has 3 rings (SSSR count). The average Bonchev–Trinajstić information content (AvgIpc) is 3.01. The minimum absolute atomic E-state index is 0.0920. The molecule has 1 aromatic heterocycles. The van der Waals surface area contributed by atoms with Gasteiger partial charge in [-0.05, 0) is 38.0 Å². The molecule has 126 valence electrons. The molecular weight excluding hydrogens is 313 g/mol. The number of rotatable bonds is 4. The molecule has 3 amide bonds.